The number of aliphatic hydroxyl groups excluding tert-OH is 1. The summed E-state index contributed by atoms with van der Waals surface area (Å²) in [4.78, 5) is 0. The van der Waals surface area contributed by atoms with Gasteiger partial charge in [-0.3, -0.25) is 0 Å². The molecule has 0 amide bonds. The van der Waals surface area contributed by atoms with Gasteiger partial charge in [0.05, 0.1) is 18.8 Å². The average molecular weight is 441 g/mol. The van der Waals surface area contributed by atoms with E-state index in [4.69, 9.17) is 13.9 Å². The Morgan fingerprint density at radius 2 is 1.84 bits per heavy atom. The third-order valence-electron chi connectivity index (χ3n) is 5.98. The molecule has 1 heterocycles. The van der Waals surface area contributed by atoms with E-state index in [-0.39, 0.29) is 11.5 Å². The number of aliphatic hydroxyl groups is 1. The lowest BCUT2D eigenvalue weighted by Gasteiger charge is -2.29. The molecule has 0 unspecified atom stereocenters. The van der Waals surface area contributed by atoms with E-state index in [2.05, 4.69) is 6.08 Å². The fourth-order valence-corrected chi connectivity index (χ4v) is 3.62. The topological polar surface area (TPSA) is 92.3 Å². The molecule has 0 saturated heterocycles. The molecule has 32 heavy (non-hydrogen) atoms. The molecular weight excluding hydrogens is 408 g/mol. The van der Waals surface area contributed by atoms with Gasteiger partial charge in [-0.25, -0.2) is 0 Å². The van der Waals surface area contributed by atoms with Crippen molar-refractivity contribution < 1.29 is 29.2 Å². The van der Waals surface area contributed by atoms with E-state index >= 15 is 0 Å². The zero-order chi connectivity index (χ0) is 23.5. The Bertz CT molecular complexity index is 1110. The number of furan rings is 1. The van der Waals surface area contributed by atoms with Gasteiger partial charge in [0.15, 0.2) is 0 Å². The number of hydrogen-bond acceptors (Lipinski definition) is 6. The van der Waals surface area contributed by atoms with E-state index < -0.39 is 11.7 Å². The molecule has 0 fully saturated rings. The van der Waals surface area contributed by atoms with Gasteiger partial charge in [0.25, 0.3) is 0 Å². The number of phenolic OH excluding ortho intramolecular Hbond substituents is 2. The zero-order valence-corrected chi connectivity index (χ0v) is 19.3. The van der Waals surface area contributed by atoms with E-state index in [0.29, 0.717) is 29.9 Å². The predicted octanol–water partition coefficient (Wildman–Crippen LogP) is 5.57. The Kier molecular flexibility index (Phi) is 7.16. The summed E-state index contributed by atoms with van der Waals surface area (Å²) >= 11 is 0. The smallest absolute Gasteiger partial charge is 0.138 e. The van der Waals surface area contributed by atoms with Gasteiger partial charge in [-0.1, -0.05) is 11.6 Å². The van der Waals surface area contributed by atoms with E-state index in [1.165, 1.54) is 0 Å². The van der Waals surface area contributed by atoms with Crippen molar-refractivity contribution in [3.63, 3.8) is 0 Å². The van der Waals surface area contributed by atoms with Gasteiger partial charge < -0.3 is 29.2 Å². The number of fused-ring (bicyclic) bond motifs is 1. The minimum absolute atomic E-state index is 0.0783. The summed E-state index contributed by atoms with van der Waals surface area (Å²) < 4.78 is 16.9. The van der Waals surface area contributed by atoms with Crippen LogP contribution in [0.2, 0.25) is 0 Å². The van der Waals surface area contributed by atoms with E-state index in [9.17, 15) is 15.3 Å². The van der Waals surface area contributed by atoms with Crippen LogP contribution in [0.4, 0.5) is 0 Å². The first-order valence-electron chi connectivity index (χ1n) is 10.7. The Labute approximate surface area is 188 Å². The normalized spacial score (nSPS) is 13.5. The second-order valence-corrected chi connectivity index (χ2v) is 8.62. The molecule has 1 aromatic heterocycles. The van der Waals surface area contributed by atoms with Gasteiger partial charge in [0.1, 0.15) is 28.6 Å². The van der Waals surface area contributed by atoms with Crippen molar-refractivity contribution >= 4 is 11.0 Å². The molecule has 1 atom stereocenters. The number of methoxy groups -OCH3 is 2. The number of allylic oxidation sites excluding steroid dienone is 2. The summed E-state index contributed by atoms with van der Waals surface area (Å²) in [5.74, 6) is 1.35. The molecule has 0 spiro atoms. The van der Waals surface area contributed by atoms with Crippen LogP contribution in [0.25, 0.3) is 22.3 Å². The summed E-state index contributed by atoms with van der Waals surface area (Å²) in [6.45, 7) is 5.78. The highest BCUT2D eigenvalue weighted by molar-refractivity contribution is 5.85. The molecule has 6 heteroatoms. The molecule has 0 aliphatic heterocycles. The first-order chi connectivity index (χ1) is 15.1. The maximum atomic E-state index is 10.4. The van der Waals surface area contributed by atoms with Crippen LogP contribution in [0.1, 0.15) is 39.2 Å². The van der Waals surface area contributed by atoms with Gasteiger partial charge in [0.2, 0.25) is 0 Å². The van der Waals surface area contributed by atoms with E-state index in [1.54, 1.807) is 44.6 Å². The maximum absolute atomic E-state index is 10.4. The first-order valence-corrected chi connectivity index (χ1v) is 10.7. The number of phenols is 2. The van der Waals surface area contributed by atoms with Crippen molar-refractivity contribution in [2.75, 3.05) is 14.2 Å². The van der Waals surface area contributed by atoms with Gasteiger partial charge in [-0.15, -0.1) is 0 Å². The molecule has 3 aromatic rings. The fraction of sp³-hybridized carbons (Fsp3) is 0.385. The number of hydrogen-bond donors (Lipinski definition) is 3. The van der Waals surface area contributed by atoms with Gasteiger partial charge in [0, 0.05) is 35.8 Å². The lowest BCUT2D eigenvalue weighted by Crippen LogP contribution is -2.37. The lowest BCUT2D eigenvalue weighted by molar-refractivity contribution is -0.0797. The van der Waals surface area contributed by atoms with Crippen molar-refractivity contribution in [3.05, 3.63) is 53.6 Å². The molecule has 172 valence electrons. The van der Waals surface area contributed by atoms with Crippen LogP contribution in [0.15, 0.2) is 52.5 Å². The van der Waals surface area contributed by atoms with Gasteiger partial charge in [-0.05, 0) is 64.3 Å². The highest BCUT2D eigenvalue weighted by atomic mass is 16.5. The third kappa shape index (κ3) is 5.26. The average Bonchev–Trinajstić information content (AvgIpc) is 3.18. The van der Waals surface area contributed by atoms with Crippen LogP contribution in [0.5, 0.6) is 17.2 Å². The molecule has 0 bridgehead atoms. The second-order valence-electron chi connectivity index (χ2n) is 8.62. The highest BCUT2D eigenvalue weighted by Gasteiger charge is 2.26. The molecule has 0 aliphatic carbocycles. The molecule has 0 aliphatic rings. The molecule has 0 radical (unpaired) electrons. The maximum Gasteiger partial charge on any atom is 0.138 e. The Hall–Kier alpha value is -2.96. The van der Waals surface area contributed by atoms with Crippen molar-refractivity contribution in [1.82, 2.24) is 0 Å². The molecule has 0 saturated carbocycles. The summed E-state index contributed by atoms with van der Waals surface area (Å²) in [5.41, 5.74) is 2.71. The van der Waals surface area contributed by atoms with Crippen molar-refractivity contribution in [3.8, 4) is 28.6 Å². The quantitative estimate of drug-likeness (QED) is 0.377. The minimum Gasteiger partial charge on any atom is -0.508 e. The molecule has 6 nitrogen and oxygen atoms in total. The summed E-state index contributed by atoms with van der Waals surface area (Å²) in [6, 6.07) is 10.1. The zero-order valence-electron chi connectivity index (χ0n) is 19.3. The highest BCUT2D eigenvalue weighted by Crippen LogP contribution is 2.38. The van der Waals surface area contributed by atoms with Crippen LogP contribution in [0, 0.1) is 0 Å². The number of aromatic hydroxyl groups is 2. The van der Waals surface area contributed by atoms with Crippen LogP contribution < -0.4 is 4.74 Å². The van der Waals surface area contributed by atoms with E-state index in [1.807, 2.05) is 26.8 Å². The standard InChI is InChI=1S/C26H32O6/c1-16(7-11-25(29)26(2,3)31-5)6-10-20-21(13-19(28)15-23(20)30-4)24-12-17-8-9-18(27)14-22(17)32-24/h6,8-9,12-15,25,27-29H,7,10-11H2,1-5H3/b16-6+/t25-/m0/s1. The fourth-order valence-electron chi connectivity index (χ4n) is 3.62. The van der Waals surface area contributed by atoms with Crippen molar-refractivity contribution in [2.24, 2.45) is 0 Å². The minimum atomic E-state index is -0.594. The predicted molar refractivity (Wildman–Crippen MR) is 125 cm³/mol. The largest absolute Gasteiger partial charge is 0.508 e. The van der Waals surface area contributed by atoms with Gasteiger partial charge >= 0.3 is 0 Å². The number of rotatable bonds is 9. The molecule has 2 aromatic carbocycles. The van der Waals surface area contributed by atoms with Crippen LogP contribution in [-0.4, -0.2) is 41.2 Å². The number of ether oxygens (including phenoxy) is 2. The molecule has 3 N–H and O–H groups in total. The molecule has 3 rings (SSSR count). The Morgan fingerprint density at radius 1 is 1.09 bits per heavy atom. The first kappa shape index (κ1) is 23.7. The van der Waals surface area contributed by atoms with E-state index in [0.717, 1.165) is 28.5 Å². The van der Waals surface area contributed by atoms with Crippen LogP contribution in [0.3, 0.4) is 0 Å². The third-order valence-corrected chi connectivity index (χ3v) is 5.98. The summed E-state index contributed by atoms with van der Waals surface area (Å²) in [6.07, 6.45) is 3.42. The summed E-state index contributed by atoms with van der Waals surface area (Å²) in [7, 11) is 3.17. The SMILES string of the molecule is COc1cc(O)cc(-c2cc3ccc(O)cc3o2)c1C/C=C(\C)CC[C@H](O)C(C)(C)OC. The van der Waals surface area contributed by atoms with Crippen molar-refractivity contribution in [1.29, 1.82) is 0 Å². The lowest BCUT2D eigenvalue weighted by atomic mass is 9.94. The Balaban J connectivity index is 1.89. The Morgan fingerprint density at radius 3 is 2.53 bits per heavy atom. The monoisotopic (exact) mass is 440 g/mol. The summed E-state index contributed by atoms with van der Waals surface area (Å²) in [5, 5.41) is 31.2. The molecular formula is C26H32O6. The number of benzene rings is 2. The van der Waals surface area contributed by atoms with Crippen LogP contribution >= 0.6 is 0 Å². The van der Waals surface area contributed by atoms with Crippen LogP contribution in [-0.2, 0) is 11.2 Å². The van der Waals surface area contributed by atoms with Gasteiger partial charge in [-0.2, -0.15) is 0 Å². The van der Waals surface area contributed by atoms with Crippen molar-refractivity contribution in [2.45, 2.75) is 51.7 Å². The second kappa shape index (κ2) is 9.67.